The van der Waals surface area contributed by atoms with Crippen molar-refractivity contribution >= 4 is 41.4 Å². The second kappa shape index (κ2) is 5.20. The third-order valence-corrected chi connectivity index (χ3v) is 2.72. The summed E-state index contributed by atoms with van der Waals surface area (Å²) in [6.45, 7) is 0. The van der Waals surface area contributed by atoms with Gasteiger partial charge in [0.2, 0.25) is 0 Å². The minimum Gasteiger partial charge on any atom is -0.298 e. The van der Waals surface area contributed by atoms with Crippen LogP contribution in [0.1, 0.15) is 10.4 Å². The normalized spacial score (nSPS) is 9.50. The van der Waals surface area contributed by atoms with Crippen LogP contribution in [0.5, 0.6) is 0 Å². The number of nitriles is 1. The standard InChI is InChI=1S/C7H4ClN3OS2/c1-13-7-10-5(8)4(2-12)6(11-7)14-3-9/h2H,1H3. The Labute approximate surface area is 94.1 Å². The molecule has 1 rings (SSSR count). The number of hydrogen-bond acceptors (Lipinski definition) is 6. The zero-order valence-corrected chi connectivity index (χ0v) is 9.41. The lowest BCUT2D eigenvalue weighted by molar-refractivity contribution is 0.111. The van der Waals surface area contributed by atoms with E-state index in [4.69, 9.17) is 16.9 Å². The van der Waals surface area contributed by atoms with Crippen LogP contribution in [-0.2, 0) is 0 Å². The van der Waals surface area contributed by atoms with Crippen molar-refractivity contribution in [2.45, 2.75) is 10.2 Å². The Morgan fingerprint density at radius 1 is 1.57 bits per heavy atom. The van der Waals surface area contributed by atoms with Crippen molar-refractivity contribution in [1.29, 1.82) is 5.26 Å². The topological polar surface area (TPSA) is 66.6 Å². The fraction of sp³-hybridized carbons (Fsp3) is 0.143. The van der Waals surface area contributed by atoms with Crippen LogP contribution < -0.4 is 0 Å². The molecule has 0 aliphatic rings. The summed E-state index contributed by atoms with van der Waals surface area (Å²) >= 11 is 7.82. The molecule has 0 bridgehead atoms. The summed E-state index contributed by atoms with van der Waals surface area (Å²) in [5.41, 5.74) is 0.163. The monoisotopic (exact) mass is 245 g/mol. The number of aromatic nitrogens is 2. The molecule has 0 spiro atoms. The maximum atomic E-state index is 10.6. The number of thiocyanates is 1. The number of aldehydes is 1. The van der Waals surface area contributed by atoms with Gasteiger partial charge in [0.05, 0.1) is 5.56 Å². The van der Waals surface area contributed by atoms with Gasteiger partial charge in [-0.15, -0.1) is 0 Å². The average Bonchev–Trinajstić information content (AvgIpc) is 2.18. The van der Waals surface area contributed by atoms with Crippen molar-refractivity contribution in [3.05, 3.63) is 10.7 Å². The van der Waals surface area contributed by atoms with Crippen molar-refractivity contribution in [2.24, 2.45) is 0 Å². The number of halogens is 1. The molecule has 0 aliphatic carbocycles. The second-order valence-corrected chi connectivity index (χ2v) is 3.94. The lowest BCUT2D eigenvalue weighted by atomic mass is 10.4. The number of nitrogens with zero attached hydrogens (tertiary/aromatic N) is 3. The number of carbonyl (C=O) groups excluding carboxylic acids is 1. The summed E-state index contributed by atoms with van der Waals surface area (Å²) in [5.74, 6) is 0. The first-order valence-electron chi connectivity index (χ1n) is 3.35. The molecule has 0 unspecified atom stereocenters. The maximum absolute atomic E-state index is 10.6. The molecular formula is C7H4ClN3OS2. The van der Waals surface area contributed by atoms with Gasteiger partial charge in [-0.2, -0.15) is 5.26 Å². The molecule has 0 saturated carbocycles. The molecule has 0 fully saturated rings. The van der Waals surface area contributed by atoms with Gasteiger partial charge in [-0.05, 0) is 6.26 Å². The predicted molar refractivity (Wildman–Crippen MR) is 55.7 cm³/mol. The lowest BCUT2D eigenvalue weighted by Crippen LogP contribution is -1.96. The van der Waals surface area contributed by atoms with Crippen LogP contribution in [0.4, 0.5) is 0 Å². The van der Waals surface area contributed by atoms with E-state index in [0.29, 0.717) is 16.5 Å². The van der Waals surface area contributed by atoms with Gasteiger partial charge in [-0.1, -0.05) is 23.4 Å². The summed E-state index contributed by atoms with van der Waals surface area (Å²) in [6, 6.07) is 0. The van der Waals surface area contributed by atoms with Crippen LogP contribution in [0.3, 0.4) is 0 Å². The van der Waals surface area contributed by atoms with Crippen molar-refractivity contribution in [3.63, 3.8) is 0 Å². The van der Waals surface area contributed by atoms with Gasteiger partial charge in [-0.25, -0.2) is 9.97 Å². The Kier molecular flexibility index (Phi) is 4.20. The molecule has 7 heteroatoms. The highest BCUT2D eigenvalue weighted by molar-refractivity contribution is 8.03. The molecule has 14 heavy (non-hydrogen) atoms. The first kappa shape index (κ1) is 11.3. The van der Waals surface area contributed by atoms with E-state index >= 15 is 0 Å². The Hall–Kier alpha value is -0.770. The van der Waals surface area contributed by atoms with E-state index in [9.17, 15) is 4.79 Å². The smallest absolute Gasteiger partial charge is 0.189 e. The van der Waals surface area contributed by atoms with Gasteiger partial charge in [0.25, 0.3) is 0 Å². The van der Waals surface area contributed by atoms with Gasteiger partial charge in [0, 0.05) is 11.8 Å². The van der Waals surface area contributed by atoms with E-state index in [2.05, 4.69) is 9.97 Å². The third kappa shape index (κ3) is 2.38. The van der Waals surface area contributed by atoms with Crippen LogP contribution in [-0.4, -0.2) is 22.5 Å². The molecule has 0 saturated heterocycles. The van der Waals surface area contributed by atoms with Gasteiger partial charge in [0.1, 0.15) is 15.6 Å². The van der Waals surface area contributed by atoms with Crippen molar-refractivity contribution in [2.75, 3.05) is 6.26 Å². The molecule has 0 aromatic carbocycles. The van der Waals surface area contributed by atoms with Crippen molar-refractivity contribution in [1.82, 2.24) is 9.97 Å². The molecule has 0 radical (unpaired) electrons. The van der Waals surface area contributed by atoms with Crippen molar-refractivity contribution < 1.29 is 4.79 Å². The van der Waals surface area contributed by atoms with Crippen molar-refractivity contribution in [3.8, 4) is 5.40 Å². The number of hydrogen-bond donors (Lipinski definition) is 0. The molecule has 4 nitrogen and oxygen atoms in total. The first-order chi connectivity index (χ1) is 6.72. The number of thioether (sulfide) groups is 2. The summed E-state index contributed by atoms with van der Waals surface area (Å²) in [7, 11) is 0. The fourth-order valence-corrected chi connectivity index (χ4v) is 1.93. The minimum atomic E-state index is 0.0806. The highest BCUT2D eigenvalue weighted by Gasteiger charge is 2.12. The van der Waals surface area contributed by atoms with E-state index in [0.717, 1.165) is 11.8 Å². The molecule has 72 valence electrons. The fourth-order valence-electron chi connectivity index (χ4n) is 0.716. The molecule has 1 aromatic rings. The SMILES string of the molecule is CSc1nc(Cl)c(C=O)c(SC#N)n1. The minimum absolute atomic E-state index is 0.0806. The second-order valence-electron chi connectivity index (χ2n) is 2.03. The van der Waals surface area contributed by atoms with E-state index in [1.807, 2.05) is 5.40 Å². The number of rotatable bonds is 3. The maximum Gasteiger partial charge on any atom is 0.189 e. The van der Waals surface area contributed by atoms with E-state index in [-0.39, 0.29) is 10.7 Å². The molecule has 1 heterocycles. The van der Waals surface area contributed by atoms with Gasteiger partial charge in [-0.3, -0.25) is 4.79 Å². The Balaban J connectivity index is 3.29. The van der Waals surface area contributed by atoms with Crippen LogP contribution in [0.2, 0.25) is 5.15 Å². The zero-order valence-electron chi connectivity index (χ0n) is 7.02. The lowest BCUT2D eigenvalue weighted by Gasteiger charge is -2.02. The highest BCUT2D eigenvalue weighted by Crippen LogP contribution is 2.25. The quantitative estimate of drug-likeness (QED) is 0.268. The van der Waals surface area contributed by atoms with E-state index < -0.39 is 0 Å². The molecule has 0 N–H and O–H groups in total. The Morgan fingerprint density at radius 3 is 2.79 bits per heavy atom. The summed E-state index contributed by atoms with van der Waals surface area (Å²) in [6.07, 6.45) is 2.33. The van der Waals surface area contributed by atoms with Gasteiger partial charge >= 0.3 is 0 Å². The van der Waals surface area contributed by atoms with Crippen LogP contribution in [0, 0.1) is 10.7 Å². The Bertz CT molecular complexity index is 405. The molecular weight excluding hydrogens is 242 g/mol. The summed E-state index contributed by atoms with van der Waals surface area (Å²) < 4.78 is 0. The average molecular weight is 246 g/mol. The highest BCUT2D eigenvalue weighted by atomic mass is 35.5. The summed E-state index contributed by atoms with van der Waals surface area (Å²) in [4.78, 5) is 18.5. The van der Waals surface area contributed by atoms with Gasteiger partial charge < -0.3 is 0 Å². The van der Waals surface area contributed by atoms with Gasteiger partial charge in [0.15, 0.2) is 11.4 Å². The Morgan fingerprint density at radius 2 is 2.29 bits per heavy atom. The van der Waals surface area contributed by atoms with E-state index in [1.165, 1.54) is 11.8 Å². The summed E-state index contributed by atoms with van der Waals surface area (Å²) in [5, 5.41) is 11.1. The molecule has 1 aromatic heterocycles. The zero-order chi connectivity index (χ0) is 10.6. The van der Waals surface area contributed by atoms with E-state index in [1.54, 1.807) is 6.26 Å². The van der Waals surface area contributed by atoms with Crippen LogP contribution in [0.25, 0.3) is 0 Å². The first-order valence-corrected chi connectivity index (χ1v) is 5.77. The molecule has 0 amide bonds. The predicted octanol–water partition coefficient (Wildman–Crippen LogP) is 2.24. The molecule has 0 atom stereocenters. The molecule has 0 aliphatic heterocycles. The largest absolute Gasteiger partial charge is 0.298 e. The third-order valence-electron chi connectivity index (χ3n) is 1.29. The van der Waals surface area contributed by atoms with Crippen LogP contribution >= 0.6 is 35.1 Å². The van der Waals surface area contributed by atoms with Crippen LogP contribution in [0.15, 0.2) is 10.2 Å². The number of carbonyl (C=O) groups is 1.